The lowest BCUT2D eigenvalue weighted by Crippen LogP contribution is -2.25. The number of ether oxygens (including phenoxy) is 2. The molecule has 1 fully saturated rings. The molecule has 0 bridgehead atoms. The first-order chi connectivity index (χ1) is 13.2. The van der Waals surface area contributed by atoms with Gasteiger partial charge >= 0.3 is 12.1 Å². The quantitative estimate of drug-likeness (QED) is 0.547. The highest BCUT2D eigenvalue weighted by Gasteiger charge is 2.34. The molecule has 2 aromatic heterocycles. The molecule has 2 aromatic rings. The highest BCUT2D eigenvalue weighted by atomic mass is 19.4. The number of halogens is 3. The molecule has 0 radical (unpaired) electrons. The van der Waals surface area contributed by atoms with E-state index in [9.17, 15) is 18.0 Å². The molecule has 150 valence electrons. The zero-order valence-corrected chi connectivity index (χ0v) is 15.3. The van der Waals surface area contributed by atoms with Gasteiger partial charge < -0.3 is 9.47 Å². The number of alkyl halides is 3. The van der Waals surface area contributed by atoms with Crippen molar-refractivity contribution < 1.29 is 27.4 Å². The van der Waals surface area contributed by atoms with E-state index in [0.29, 0.717) is 0 Å². The Balaban J connectivity index is 1.84. The second-order valence-corrected chi connectivity index (χ2v) is 6.60. The average Bonchev–Trinajstić information content (AvgIpc) is 3.04. The van der Waals surface area contributed by atoms with Crippen molar-refractivity contribution in [1.29, 1.82) is 0 Å². The van der Waals surface area contributed by atoms with E-state index in [1.807, 2.05) is 0 Å². The molecule has 0 saturated heterocycles. The van der Waals surface area contributed by atoms with Crippen LogP contribution < -0.4 is 4.74 Å². The van der Waals surface area contributed by atoms with Gasteiger partial charge in [-0.2, -0.15) is 13.2 Å². The molecule has 0 atom stereocenters. The van der Waals surface area contributed by atoms with E-state index in [0.717, 1.165) is 31.4 Å². The molecule has 28 heavy (non-hydrogen) atoms. The Hall–Kier alpha value is -2.91. The smallest absolute Gasteiger partial charge is 0.433 e. The van der Waals surface area contributed by atoms with Gasteiger partial charge in [-0.05, 0) is 39.2 Å². The summed E-state index contributed by atoms with van der Waals surface area (Å²) in [5, 5.41) is 4.07. The summed E-state index contributed by atoms with van der Waals surface area (Å²) in [6.45, 7) is 3.43. The molecular weight excluding hydrogens is 377 g/mol. The maximum Gasteiger partial charge on any atom is 0.433 e. The average molecular weight is 396 g/mol. The van der Waals surface area contributed by atoms with Crippen LogP contribution in [0.5, 0.6) is 5.88 Å². The molecule has 7 nitrogen and oxygen atoms in total. The second-order valence-electron chi connectivity index (χ2n) is 6.60. The molecule has 0 N–H and O–H groups in total. The van der Waals surface area contributed by atoms with Gasteiger partial charge in [0.15, 0.2) is 5.82 Å². The summed E-state index contributed by atoms with van der Waals surface area (Å²) in [7, 11) is 0. The summed E-state index contributed by atoms with van der Waals surface area (Å²) in [6, 6.07) is 2.24. The maximum absolute atomic E-state index is 13.2. The lowest BCUT2D eigenvalue weighted by Gasteiger charge is -2.26. The number of esters is 1. The van der Waals surface area contributed by atoms with Crippen molar-refractivity contribution in [3.8, 4) is 17.3 Å². The van der Waals surface area contributed by atoms with Gasteiger partial charge in [-0.1, -0.05) is 0 Å². The third kappa shape index (κ3) is 5.08. The van der Waals surface area contributed by atoms with Crippen LogP contribution in [0.15, 0.2) is 24.5 Å². The molecule has 2 heterocycles. The fraction of sp³-hybridized carbons (Fsp3) is 0.444. The predicted octanol–water partition coefficient (Wildman–Crippen LogP) is 3.71. The van der Waals surface area contributed by atoms with Crippen LogP contribution in [-0.2, 0) is 15.7 Å². The van der Waals surface area contributed by atoms with E-state index in [4.69, 9.17) is 9.47 Å². The molecule has 1 aliphatic rings. The van der Waals surface area contributed by atoms with Crippen LogP contribution in [0.2, 0.25) is 0 Å². The number of hydrogen-bond donors (Lipinski definition) is 0. The molecule has 3 rings (SSSR count). The van der Waals surface area contributed by atoms with Crippen molar-refractivity contribution in [3.63, 3.8) is 0 Å². The Morgan fingerprint density at radius 3 is 2.68 bits per heavy atom. The fourth-order valence-corrected chi connectivity index (χ4v) is 2.39. The fourth-order valence-electron chi connectivity index (χ4n) is 2.39. The topological polar surface area (TPSA) is 79.1 Å². The first kappa shape index (κ1) is 19.8. The number of hydrogen-bond acceptors (Lipinski definition) is 6. The van der Waals surface area contributed by atoms with Crippen molar-refractivity contribution >= 4 is 12.2 Å². The molecule has 0 aliphatic heterocycles. The van der Waals surface area contributed by atoms with E-state index < -0.39 is 17.8 Å². The Bertz CT molecular complexity index is 873. The Kier molecular flexibility index (Phi) is 5.66. The van der Waals surface area contributed by atoms with Crippen molar-refractivity contribution in [1.82, 2.24) is 19.7 Å². The summed E-state index contributed by atoms with van der Waals surface area (Å²) in [5.74, 6) is -0.623. The van der Waals surface area contributed by atoms with Crippen molar-refractivity contribution in [2.75, 3.05) is 0 Å². The van der Waals surface area contributed by atoms with Gasteiger partial charge in [0.05, 0.1) is 6.10 Å². The monoisotopic (exact) mass is 396 g/mol. The number of aromatic nitrogens is 4. The molecule has 0 unspecified atom stereocenters. The molecule has 0 aromatic carbocycles. The van der Waals surface area contributed by atoms with Crippen LogP contribution in [0.3, 0.4) is 0 Å². The van der Waals surface area contributed by atoms with Crippen LogP contribution in [0, 0.1) is 0 Å². The van der Waals surface area contributed by atoms with Gasteiger partial charge in [0.2, 0.25) is 5.88 Å². The zero-order valence-electron chi connectivity index (χ0n) is 15.3. The molecule has 1 saturated carbocycles. The third-order valence-corrected chi connectivity index (χ3v) is 3.91. The summed E-state index contributed by atoms with van der Waals surface area (Å²) >= 11 is 0. The van der Waals surface area contributed by atoms with Crippen LogP contribution in [0.1, 0.15) is 38.8 Å². The van der Waals surface area contributed by atoms with Crippen LogP contribution in [0.25, 0.3) is 17.6 Å². The number of rotatable bonds is 6. The minimum Gasteiger partial charge on any atom is -0.474 e. The molecular formula is C18H19F3N4O3. The van der Waals surface area contributed by atoms with Crippen LogP contribution in [0.4, 0.5) is 13.2 Å². The molecule has 1 aliphatic carbocycles. The number of nitrogens with zero attached hydrogens (tertiary/aromatic N) is 4. The van der Waals surface area contributed by atoms with Gasteiger partial charge in [-0.25, -0.2) is 19.4 Å². The zero-order chi connectivity index (χ0) is 20.3. The molecule has 0 spiro atoms. The molecule has 10 heteroatoms. The Morgan fingerprint density at radius 1 is 1.32 bits per heavy atom. The van der Waals surface area contributed by atoms with Gasteiger partial charge in [-0.15, -0.1) is 5.10 Å². The minimum atomic E-state index is -4.63. The number of pyridine rings is 1. The van der Waals surface area contributed by atoms with E-state index in [1.54, 1.807) is 13.8 Å². The normalized spacial score (nSPS) is 15.1. The predicted molar refractivity (Wildman–Crippen MR) is 93.1 cm³/mol. The number of carbonyl (C=O) groups excluding carboxylic acids is 1. The second kappa shape index (κ2) is 7.99. The van der Waals surface area contributed by atoms with Crippen LogP contribution >= 0.6 is 0 Å². The first-order valence-electron chi connectivity index (χ1n) is 8.77. The number of carbonyl (C=O) groups is 1. The lowest BCUT2D eigenvalue weighted by molar-refractivity contribution is -0.142. The standard InChI is InChI=1S/C18H19F3N4O3/c1-11(2)27-16(26)6-7-25-10-22-17(24-25)12-8-14(18(19,20)21)23-15(9-12)28-13-4-3-5-13/h6-11,13H,3-5H2,1-2H3/b7-6-. The summed E-state index contributed by atoms with van der Waals surface area (Å²) in [6.07, 6.45) is 1.27. The van der Waals surface area contributed by atoms with Gasteiger partial charge in [0, 0.05) is 23.9 Å². The highest BCUT2D eigenvalue weighted by Crippen LogP contribution is 2.33. The highest BCUT2D eigenvalue weighted by molar-refractivity contribution is 5.85. The first-order valence-corrected chi connectivity index (χ1v) is 8.77. The van der Waals surface area contributed by atoms with Crippen molar-refractivity contribution in [2.45, 2.75) is 51.5 Å². The van der Waals surface area contributed by atoms with E-state index in [-0.39, 0.29) is 29.5 Å². The van der Waals surface area contributed by atoms with Crippen molar-refractivity contribution in [2.24, 2.45) is 0 Å². The summed E-state index contributed by atoms with van der Waals surface area (Å²) in [5.41, 5.74) is -0.958. The SMILES string of the molecule is CC(C)OC(=O)/C=C\n1cnc(-c2cc(OC3CCC3)nc(C(F)(F)F)c2)n1. The van der Waals surface area contributed by atoms with Gasteiger partial charge in [0.25, 0.3) is 0 Å². The third-order valence-electron chi connectivity index (χ3n) is 3.91. The van der Waals surface area contributed by atoms with E-state index >= 15 is 0 Å². The minimum absolute atomic E-state index is 0.0493. The molecule has 0 amide bonds. The largest absolute Gasteiger partial charge is 0.474 e. The maximum atomic E-state index is 13.2. The summed E-state index contributed by atoms with van der Waals surface area (Å²) < 4.78 is 51.2. The summed E-state index contributed by atoms with van der Waals surface area (Å²) in [4.78, 5) is 19.1. The van der Waals surface area contributed by atoms with Crippen molar-refractivity contribution in [3.05, 3.63) is 30.2 Å². The Morgan fingerprint density at radius 2 is 2.07 bits per heavy atom. The van der Waals surface area contributed by atoms with E-state index in [1.165, 1.54) is 23.3 Å². The van der Waals surface area contributed by atoms with Gasteiger partial charge in [-0.3, -0.25) is 0 Å². The lowest BCUT2D eigenvalue weighted by atomic mass is 9.96. The Labute approximate surface area is 159 Å². The van der Waals surface area contributed by atoms with E-state index in [2.05, 4.69) is 15.1 Å². The van der Waals surface area contributed by atoms with Crippen LogP contribution in [-0.4, -0.2) is 37.9 Å². The van der Waals surface area contributed by atoms with Gasteiger partial charge in [0.1, 0.15) is 18.1 Å².